The van der Waals surface area contributed by atoms with Crippen molar-refractivity contribution in [2.24, 2.45) is 0 Å². The lowest BCUT2D eigenvalue weighted by atomic mass is 9.90. The van der Waals surface area contributed by atoms with Crippen molar-refractivity contribution in [2.75, 3.05) is 26.2 Å². The Bertz CT molecular complexity index is 1500. The molecule has 0 N–H and O–H groups in total. The molecule has 2 fully saturated rings. The number of nitrogens with zero attached hydrogens (tertiary/aromatic N) is 6. The zero-order valence-electron chi connectivity index (χ0n) is 22.3. The number of piperidine rings is 1. The maximum absolute atomic E-state index is 13.9. The number of hydrogen-bond acceptors (Lipinski definition) is 5. The molecule has 2 aromatic carbocycles. The highest BCUT2D eigenvalue weighted by Gasteiger charge is 2.34. The molecule has 0 spiro atoms. The minimum absolute atomic E-state index is 0.0212. The highest BCUT2D eigenvalue weighted by molar-refractivity contribution is 5.95. The molecule has 0 radical (unpaired) electrons. The molecular formula is C32H31FN6O. The molecule has 8 heteroatoms. The predicted molar refractivity (Wildman–Crippen MR) is 149 cm³/mol. The van der Waals surface area contributed by atoms with E-state index in [2.05, 4.69) is 45.3 Å². The summed E-state index contributed by atoms with van der Waals surface area (Å²) >= 11 is 0. The van der Waals surface area contributed by atoms with Crippen LogP contribution in [0.25, 0.3) is 5.69 Å². The molecule has 1 atom stereocenters. The molecule has 2 aliphatic heterocycles. The van der Waals surface area contributed by atoms with Gasteiger partial charge in [0.15, 0.2) is 0 Å². The summed E-state index contributed by atoms with van der Waals surface area (Å²) < 4.78 is 15.6. The van der Waals surface area contributed by atoms with E-state index in [1.165, 1.54) is 17.7 Å². The summed E-state index contributed by atoms with van der Waals surface area (Å²) in [6.45, 7) is 3.92. The van der Waals surface area contributed by atoms with Crippen LogP contribution in [-0.2, 0) is 6.54 Å². The fourth-order valence-corrected chi connectivity index (χ4v) is 6.02. The van der Waals surface area contributed by atoms with E-state index in [0.29, 0.717) is 23.7 Å². The van der Waals surface area contributed by atoms with Gasteiger partial charge in [-0.3, -0.25) is 9.69 Å². The minimum Gasteiger partial charge on any atom is -0.338 e. The summed E-state index contributed by atoms with van der Waals surface area (Å²) in [5, 5.41) is 13.7. The standard InChI is InChI=1S/C32H31FN6O/c33-27-7-10-29(11-8-27)39-31(25-12-15-37(16-13-25)21-23-6-9-28(18-34)35-19-23)30(20-36-39)32(40)38-17-14-26(22-38)24-4-2-1-3-5-24/h1-11,19-20,25-26H,12-17,21-22H2/t26-/m0/s1. The van der Waals surface area contributed by atoms with Crippen molar-refractivity contribution >= 4 is 5.91 Å². The van der Waals surface area contributed by atoms with Crippen molar-refractivity contribution in [1.29, 1.82) is 5.26 Å². The first-order valence-electron chi connectivity index (χ1n) is 13.8. The monoisotopic (exact) mass is 534 g/mol. The average molecular weight is 535 g/mol. The van der Waals surface area contributed by atoms with Crippen molar-refractivity contribution in [3.63, 3.8) is 0 Å². The van der Waals surface area contributed by atoms with Crippen molar-refractivity contribution < 1.29 is 9.18 Å². The minimum atomic E-state index is -0.302. The first kappa shape index (κ1) is 25.9. The van der Waals surface area contributed by atoms with Gasteiger partial charge in [0.05, 0.1) is 23.1 Å². The molecule has 4 heterocycles. The molecule has 0 bridgehead atoms. The number of hydrogen-bond donors (Lipinski definition) is 0. The van der Waals surface area contributed by atoms with Gasteiger partial charge in [0, 0.05) is 37.7 Å². The molecule has 0 unspecified atom stereocenters. The van der Waals surface area contributed by atoms with Gasteiger partial charge in [-0.2, -0.15) is 10.4 Å². The molecule has 2 saturated heterocycles. The van der Waals surface area contributed by atoms with Gasteiger partial charge in [-0.05, 0) is 73.8 Å². The van der Waals surface area contributed by atoms with Gasteiger partial charge in [-0.1, -0.05) is 36.4 Å². The van der Waals surface area contributed by atoms with Gasteiger partial charge in [0.25, 0.3) is 5.91 Å². The fourth-order valence-electron chi connectivity index (χ4n) is 6.02. The van der Waals surface area contributed by atoms with Crippen LogP contribution in [0.1, 0.15) is 64.0 Å². The normalized spacial score (nSPS) is 18.1. The molecule has 6 rings (SSSR count). The van der Waals surface area contributed by atoms with Crippen LogP contribution in [0, 0.1) is 17.1 Å². The highest BCUT2D eigenvalue weighted by atomic mass is 19.1. The fraction of sp³-hybridized carbons (Fsp3) is 0.312. The van der Waals surface area contributed by atoms with Gasteiger partial charge in [0.1, 0.15) is 17.6 Å². The smallest absolute Gasteiger partial charge is 0.257 e. The predicted octanol–water partition coefficient (Wildman–Crippen LogP) is 5.29. The van der Waals surface area contributed by atoms with Crippen molar-refractivity contribution in [1.82, 2.24) is 24.6 Å². The summed E-state index contributed by atoms with van der Waals surface area (Å²) in [5.74, 6) is 0.200. The van der Waals surface area contributed by atoms with Crippen molar-refractivity contribution in [3.05, 3.63) is 113 Å². The quantitative estimate of drug-likeness (QED) is 0.336. The Hall–Kier alpha value is -4.35. The second-order valence-corrected chi connectivity index (χ2v) is 10.7. The number of halogens is 1. The number of amides is 1. The second kappa shape index (κ2) is 11.4. The Balaban J connectivity index is 1.22. The van der Waals surface area contributed by atoms with Crippen LogP contribution in [0.15, 0.2) is 79.1 Å². The van der Waals surface area contributed by atoms with Crippen LogP contribution >= 0.6 is 0 Å². The third-order valence-electron chi connectivity index (χ3n) is 8.17. The Kier molecular flexibility index (Phi) is 7.39. The first-order chi connectivity index (χ1) is 19.6. The van der Waals surface area contributed by atoms with Gasteiger partial charge < -0.3 is 4.90 Å². The van der Waals surface area contributed by atoms with Crippen molar-refractivity contribution in [3.8, 4) is 11.8 Å². The van der Waals surface area contributed by atoms with Crippen LogP contribution in [0.4, 0.5) is 4.39 Å². The first-order valence-corrected chi connectivity index (χ1v) is 13.8. The second-order valence-electron chi connectivity index (χ2n) is 10.7. The molecule has 1 amide bonds. The zero-order chi connectivity index (χ0) is 27.5. The van der Waals surface area contributed by atoms with Crippen LogP contribution < -0.4 is 0 Å². The molecule has 4 aromatic rings. The topological polar surface area (TPSA) is 78.0 Å². The molecule has 0 saturated carbocycles. The lowest BCUT2D eigenvalue weighted by Crippen LogP contribution is -2.34. The number of pyridine rings is 1. The number of rotatable bonds is 6. The van der Waals surface area contributed by atoms with E-state index in [4.69, 9.17) is 5.26 Å². The molecular weight excluding hydrogens is 503 g/mol. The number of likely N-dealkylation sites (tertiary alicyclic amines) is 2. The number of carbonyl (C=O) groups is 1. The van der Waals surface area contributed by atoms with E-state index >= 15 is 0 Å². The molecule has 2 aromatic heterocycles. The molecule has 0 aliphatic carbocycles. The van der Waals surface area contributed by atoms with Gasteiger partial charge in [0.2, 0.25) is 0 Å². The average Bonchev–Trinajstić information content (AvgIpc) is 3.67. The van der Waals surface area contributed by atoms with E-state index in [0.717, 1.165) is 62.4 Å². The van der Waals surface area contributed by atoms with Crippen LogP contribution in [0.3, 0.4) is 0 Å². The Morgan fingerprint density at radius 3 is 2.38 bits per heavy atom. The molecule has 202 valence electrons. The zero-order valence-corrected chi connectivity index (χ0v) is 22.3. The van der Waals surface area contributed by atoms with E-state index in [1.54, 1.807) is 30.6 Å². The summed E-state index contributed by atoms with van der Waals surface area (Å²) in [6.07, 6.45) is 6.17. The van der Waals surface area contributed by atoms with Crippen LogP contribution in [0.2, 0.25) is 0 Å². The van der Waals surface area contributed by atoms with E-state index in [-0.39, 0.29) is 17.6 Å². The number of aromatic nitrogens is 3. The lowest BCUT2D eigenvalue weighted by molar-refractivity contribution is 0.0788. The molecule has 40 heavy (non-hydrogen) atoms. The van der Waals surface area contributed by atoms with Gasteiger partial charge in [-0.25, -0.2) is 14.1 Å². The largest absolute Gasteiger partial charge is 0.338 e. The van der Waals surface area contributed by atoms with Crippen LogP contribution in [-0.4, -0.2) is 56.7 Å². The SMILES string of the molecule is N#Cc1ccc(CN2CCC(c3c(C(=O)N4CC[C@H](c5ccccc5)C4)cnn3-c3ccc(F)cc3)CC2)cn1. The maximum atomic E-state index is 13.9. The summed E-state index contributed by atoms with van der Waals surface area (Å²) in [6, 6.07) is 22.5. The van der Waals surface area contributed by atoms with Crippen molar-refractivity contribution in [2.45, 2.75) is 37.6 Å². The van der Waals surface area contributed by atoms with Gasteiger partial charge >= 0.3 is 0 Å². The third-order valence-corrected chi connectivity index (χ3v) is 8.17. The molecule has 7 nitrogen and oxygen atoms in total. The highest BCUT2D eigenvalue weighted by Crippen LogP contribution is 2.35. The summed E-state index contributed by atoms with van der Waals surface area (Å²) in [7, 11) is 0. The summed E-state index contributed by atoms with van der Waals surface area (Å²) in [4.78, 5) is 22.4. The molecule has 2 aliphatic rings. The lowest BCUT2D eigenvalue weighted by Gasteiger charge is -2.33. The Labute approximate surface area is 233 Å². The van der Waals surface area contributed by atoms with Crippen LogP contribution in [0.5, 0.6) is 0 Å². The van der Waals surface area contributed by atoms with E-state index in [9.17, 15) is 9.18 Å². The number of carbonyl (C=O) groups excluding carboxylic acids is 1. The number of benzene rings is 2. The third kappa shape index (κ3) is 5.38. The Morgan fingerprint density at radius 2 is 1.68 bits per heavy atom. The number of nitriles is 1. The maximum Gasteiger partial charge on any atom is 0.257 e. The summed E-state index contributed by atoms with van der Waals surface area (Å²) in [5.41, 5.74) is 5.08. The van der Waals surface area contributed by atoms with E-state index < -0.39 is 0 Å². The van der Waals surface area contributed by atoms with Gasteiger partial charge in [-0.15, -0.1) is 0 Å². The Morgan fingerprint density at radius 1 is 0.925 bits per heavy atom. The van der Waals surface area contributed by atoms with E-state index in [1.807, 2.05) is 21.7 Å².